The smallest absolute Gasteiger partial charge is 0.256 e. The Morgan fingerprint density at radius 1 is 1.30 bits per heavy atom. The molecule has 0 saturated heterocycles. The van der Waals surface area contributed by atoms with Gasteiger partial charge in [-0.1, -0.05) is 32.9 Å². The van der Waals surface area contributed by atoms with E-state index in [0.29, 0.717) is 17.2 Å². The largest absolute Gasteiger partial charge is 0.383 e. The Kier molecular flexibility index (Phi) is 4.49. The van der Waals surface area contributed by atoms with Gasteiger partial charge in [-0.3, -0.25) is 4.79 Å². The first-order valence-corrected chi connectivity index (χ1v) is 7.64. The number of rotatable bonds is 4. The summed E-state index contributed by atoms with van der Waals surface area (Å²) in [6, 6.07) is 7.95. The number of nitrogens with zero attached hydrogens (tertiary/aromatic N) is 1. The summed E-state index contributed by atoms with van der Waals surface area (Å²) in [5.41, 5.74) is 7.16. The van der Waals surface area contributed by atoms with Crippen LogP contribution < -0.4 is 11.3 Å². The second-order valence-corrected chi connectivity index (χ2v) is 6.16. The van der Waals surface area contributed by atoms with Crippen LogP contribution in [0.1, 0.15) is 32.3 Å². The van der Waals surface area contributed by atoms with Gasteiger partial charge >= 0.3 is 0 Å². The second kappa shape index (κ2) is 6.13. The molecule has 2 rings (SSSR count). The first kappa shape index (κ1) is 14.7. The number of hydrogen-bond acceptors (Lipinski definition) is 4. The molecule has 0 amide bonds. The number of thioether (sulfide) groups is 1. The van der Waals surface area contributed by atoms with Crippen molar-refractivity contribution in [2.75, 3.05) is 11.5 Å². The molecule has 1 aromatic heterocycles. The minimum atomic E-state index is -0.158. The number of nitrogen functional groups attached to an aromatic ring is 1. The lowest BCUT2D eigenvalue weighted by Crippen LogP contribution is -2.19. The normalized spacial score (nSPS) is 11.0. The summed E-state index contributed by atoms with van der Waals surface area (Å²) in [5.74, 6) is 1.92. The summed E-state index contributed by atoms with van der Waals surface area (Å²) in [6.45, 7) is 5.97. The molecule has 0 aliphatic carbocycles. The van der Waals surface area contributed by atoms with Gasteiger partial charge in [0.2, 0.25) is 0 Å². The van der Waals surface area contributed by atoms with E-state index in [1.165, 1.54) is 4.90 Å². The maximum atomic E-state index is 12.1. The molecule has 0 atom stereocenters. The van der Waals surface area contributed by atoms with Gasteiger partial charge in [-0.2, -0.15) is 0 Å². The van der Waals surface area contributed by atoms with Crippen LogP contribution in [0, 0.1) is 0 Å². The molecule has 20 heavy (non-hydrogen) atoms. The molecule has 106 valence electrons. The number of aromatic nitrogens is 2. The monoisotopic (exact) mass is 289 g/mol. The molecule has 4 nitrogen and oxygen atoms in total. The fraction of sp³-hybridized carbons (Fsp3) is 0.333. The zero-order valence-corrected chi connectivity index (χ0v) is 12.8. The van der Waals surface area contributed by atoms with E-state index in [2.05, 4.69) is 16.9 Å². The quantitative estimate of drug-likeness (QED) is 0.847. The summed E-state index contributed by atoms with van der Waals surface area (Å²) >= 11 is 1.77. The van der Waals surface area contributed by atoms with Crippen LogP contribution in [0.3, 0.4) is 0 Å². The summed E-state index contributed by atoms with van der Waals surface area (Å²) < 4.78 is 0. The number of hydrogen-bond donors (Lipinski definition) is 2. The molecule has 5 heteroatoms. The minimum Gasteiger partial charge on any atom is -0.383 e. The molecule has 0 bridgehead atoms. The molecular formula is C15H19N3OS. The highest BCUT2D eigenvalue weighted by atomic mass is 32.2. The van der Waals surface area contributed by atoms with Crippen molar-refractivity contribution in [1.82, 2.24) is 9.97 Å². The van der Waals surface area contributed by atoms with Gasteiger partial charge in [0.15, 0.2) is 0 Å². The number of anilines is 1. The third kappa shape index (κ3) is 3.04. The van der Waals surface area contributed by atoms with Crippen molar-refractivity contribution in [1.29, 1.82) is 0 Å². The predicted molar refractivity (Wildman–Crippen MR) is 85.2 cm³/mol. The Morgan fingerprint density at radius 2 is 1.95 bits per heavy atom. The van der Waals surface area contributed by atoms with E-state index in [-0.39, 0.29) is 11.5 Å². The Labute approximate surface area is 122 Å². The second-order valence-electron chi connectivity index (χ2n) is 4.83. The lowest BCUT2D eigenvalue weighted by molar-refractivity contribution is 0.837. The molecule has 0 unspecified atom stereocenters. The molecule has 1 aromatic carbocycles. The summed E-state index contributed by atoms with van der Waals surface area (Å²) in [5, 5.41) is 0. The maximum Gasteiger partial charge on any atom is 0.256 e. The molecule has 0 aliphatic rings. The standard InChI is InChI=1S/C15H19N3OS/c1-4-20-11-7-5-10(6-8-11)14-17-13(16)12(9(2)3)15(19)18-14/h5-9H,4H2,1-3H3,(H3,16,17,18,19). The Hall–Kier alpha value is -1.75. The van der Waals surface area contributed by atoms with Crippen molar-refractivity contribution in [3.05, 3.63) is 40.2 Å². The average Bonchev–Trinajstić information content (AvgIpc) is 2.38. The van der Waals surface area contributed by atoms with Crippen LogP contribution in [-0.4, -0.2) is 15.7 Å². The zero-order chi connectivity index (χ0) is 14.7. The fourth-order valence-corrected chi connectivity index (χ4v) is 2.73. The first-order valence-electron chi connectivity index (χ1n) is 6.65. The summed E-state index contributed by atoms with van der Waals surface area (Å²) in [6.07, 6.45) is 0. The zero-order valence-electron chi connectivity index (χ0n) is 11.9. The molecule has 1 heterocycles. The van der Waals surface area contributed by atoms with E-state index in [0.717, 1.165) is 11.3 Å². The predicted octanol–water partition coefficient (Wildman–Crippen LogP) is 3.25. The van der Waals surface area contributed by atoms with Crippen molar-refractivity contribution in [2.45, 2.75) is 31.6 Å². The van der Waals surface area contributed by atoms with E-state index >= 15 is 0 Å². The molecule has 3 N–H and O–H groups in total. The van der Waals surface area contributed by atoms with Crippen LogP contribution in [0.4, 0.5) is 5.82 Å². The van der Waals surface area contributed by atoms with E-state index in [1.54, 1.807) is 11.8 Å². The lowest BCUT2D eigenvalue weighted by Gasteiger charge is -2.09. The molecule has 2 aromatic rings. The summed E-state index contributed by atoms with van der Waals surface area (Å²) in [4.78, 5) is 20.4. The number of nitrogens with one attached hydrogen (secondary N) is 1. The highest BCUT2D eigenvalue weighted by molar-refractivity contribution is 7.99. The van der Waals surface area contributed by atoms with Gasteiger partial charge in [0.05, 0.1) is 5.56 Å². The molecule has 0 aliphatic heterocycles. The molecular weight excluding hydrogens is 270 g/mol. The van der Waals surface area contributed by atoms with E-state index in [9.17, 15) is 4.79 Å². The van der Waals surface area contributed by atoms with E-state index < -0.39 is 0 Å². The van der Waals surface area contributed by atoms with Crippen molar-refractivity contribution in [3.8, 4) is 11.4 Å². The summed E-state index contributed by atoms with van der Waals surface area (Å²) in [7, 11) is 0. The SMILES string of the molecule is CCSc1ccc(-c2nc(N)c(C(C)C)c(=O)[nH]2)cc1. The number of aromatic amines is 1. The van der Waals surface area contributed by atoms with E-state index in [4.69, 9.17) is 5.73 Å². The highest BCUT2D eigenvalue weighted by Gasteiger charge is 2.13. The Morgan fingerprint density at radius 3 is 2.45 bits per heavy atom. The van der Waals surface area contributed by atoms with Gasteiger partial charge in [0.25, 0.3) is 5.56 Å². The van der Waals surface area contributed by atoms with Crippen LogP contribution >= 0.6 is 11.8 Å². The molecule has 0 fully saturated rings. The molecule has 0 spiro atoms. The van der Waals surface area contributed by atoms with Crippen molar-refractivity contribution < 1.29 is 0 Å². The first-order chi connectivity index (χ1) is 9.52. The number of nitrogens with two attached hydrogens (primary N) is 1. The van der Waals surface area contributed by atoms with Gasteiger partial charge in [0, 0.05) is 10.5 Å². The van der Waals surface area contributed by atoms with Gasteiger partial charge in [-0.15, -0.1) is 11.8 Å². The molecule has 0 radical (unpaired) electrons. The average molecular weight is 289 g/mol. The third-order valence-corrected chi connectivity index (χ3v) is 3.90. The maximum absolute atomic E-state index is 12.1. The fourth-order valence-electron chi connectivity index (χ4n) is 2.07. The molecule has 0 saturated carbocycles. The number of H-pyrrole nitrogens is 1. The van der Waals surface area contributed by atoms with Gasteiger partial charge in [-0.05, 0) is 23.8 Å². The van der Waals surface area contributed by atoms with Gasteiger partial charge in [-0.25, -0.2) is 4.98 Å². The Bertz CT molecular complexity index is 647. The van der Waals surface area contributed by atoms with Crippen molar-refractivity contribution in [2.24, 2.45) is 0 Å². The van der Waals surface area contributed by atoms with Crippen molar-refractivity contribution in [3.63, 3.8) is 0 Å². The highest BCUT2D eigenvalue weighted by Crippen LogP contribution is 2.23. The van der Waals surface area contributed by atoms with Crippen LogP contribution in [0.25, 0.3) is 11.4 Å². The van der Waals surface area contributed by atoms with Crippen LogP contribution in [-0.2, 0) is 0 Å². The van der Waals surface area contributed by atoms with Gasteiger partial charge < -0.3 is 10.7 Å². The third-order valence-electron chi connectivity index (χ3n) is 3.00. The van der Waals surface area contributed by atoms with Gasteiger partial charge in [0.1, 0.15) is 11.6 Å². The van der Waals surface area contributed by atoms with Crippen LogP contribution in [0.2, 0.25) is 0 Å². The Balaban J connectivity index is 2.41. The lowest BCUT2D eigenvalue weighted by atomic mass is 10.1. The van der Waals surface area contributed by atoms with E-state index in [1.807, 2.05) is 38.1 Å². The van der Waals surface area contributed by atoms with Crippen LogP contribution in [0.15, 0.2) is 34.0 Å². The topological polar surface area (TPSA) is 71.8 Å². The minimum absolute atomic E-state index is 0.0589. The van der Waals surface area contributed by atoms with Crippen molar-refractivity contribution >= 4 is 17.6 Å². The van der Waals surface area contributed by atoms with Crippen LogP contribution in [0.5, 0.6) is 0 Å². The number of benzene rings is 1.